The van der Waals surface area contributed by atoms with Crippen LogP contribution in [0.25, 0.3) is 0 Å². The lowest BCUT2D eigenvalue weighted by Gasteiger charge is -2.14. The Labute approximate surface area is 56.8 Å². The predicted octanol–water partition coefficient (Wildman–Crippen LogP) is 0.333. The first-order valence-corrected chi connectivity index (χ1v) is 3.77. The second-order valence-electron chi connectivity index (χ2n) is 2.99. The molecule has 0 spiro atoms. The van der Waals surface area contributed by atoms with Gasteiger partial charge in [0, 0.05) is 12.6 Å². The van der Waals surface area contributed by atoms with E-state index in [0.717, 1.165) is 13.1 Å². The fourth-order valence-corrected chi connectivity index (χ4v) is 1.23. The summed E-state index contributed by atoms with van der Waals surface area (Å²) in [7, 11) is 0. The third-order valence-electron chi connectivity index (χ3n) is 2.12. The van der Waals surface area contributed by atoms with Crippen molar-refractivity contribution in [1.82, 2.24) is 5.32 Å². The van der Waals surface area contributed by atoms with E-state index in [1.54, 1.807) is 0 Å². The van der Waals surface area contributed by atoms with Gasteiger partial charge in [-0.3, -0.25) is 0 Å². The van der Waals surface area contributed by atoms with Crippen LogP contribution in [-0.2, 0) is 0 Å². The molecule has 0 aromatic rings. The highest BCUT2D eigenvalue weighted by atomic mass is 14.9. The first-order valence-electron chi connectivity index (χ1n) is 3.77. The van der Waals surface area contributed by atoms with Gasteiger partial charge in [-0.2, -0.15) is 0 Å². The summed E-state index contributed by atoms with van der Waals surface area (Å²) in [5.41, 5.74) is 5.82. The van der Waals surface area contributed by atoms with Gasteiger partial charge in [-0.25, -0.2) is 0 Å². The number of nitrogens with one attached hydrogen (secondary N) is 1. The smallest absolute Gasteiger partial charge is 0.0191 e. The Morgan fingerprint density at radius 1 is 1.56 bits per heavy atom. The minimum absolute atomic E-state index is 0.382. The molecule has 9 heavy (non-hydrogen) atoms. The van der Waals surface area contributed by atoms with Crippen LogP contribution in [0.5, 0.6) is 0 Å². The van der Waals surface area contributed by atoms with E-state index < -0.39 is 0 Å². The molecule has 1 fully saturated rings. The summed E-state index contributed by atoms with van der Waals surface area (Å²) in [4.78, 5) is 0. The van der Waals surface area contributed by atoms with E-state index in [4.69, 9.17) is 5.73 Å². The molecule has 1 rings (SSSR count). The van der Waals surface area contributed by atoms with Crippen molar-refractivity contribution in [1.29, 1.82) is 0 Å². The lowest BCUT2D eigenvalue weighted by atomic mass is 9.99. The second-order valence-corrected chi connectivity index (χ2v) is 2.99. The molecular weight excluding hydrogens is 112 g/mol. The fourth-order valence-electron chi connectivity index (χ4n) is 1.23. The van der Waals surface area contributed by atoms with Gasteiger partial charge in [0.15, 0.2) is 0 Å². The van der Waals surface area contributed by atoms with Crippen LogP contribution in [0.2, 0.25) is 0 Å². The van der Waals surface area contributed by atoms with Gasteiger partial charge in [-0.15, -0.1) is 0 Å². The molecule has 1 heterocycles. The summed E-state index contributed by atoms with van der Waals surface area (Å²) < 4.78 is 0. The van der Waals surface area contributed by atoms with Crippen LogP contribution >= 0.6 is 0 Å². The first kappa shape index (κ1) is 7.03. The van der Waals surface area contributed by atoms with Crippen LogP contribution in [0.4, 0.5) is 0 Å². The average Bonchev–Trinajstić information content (AvgIpc) is 1.99. The summed E-state index contributed by atoms with van der Waals surface area (Å²) in [6.45, 7) is 4.39. The Balaban J connectivity index is 2.32. The summed E-state index contributed by atoms with van der Waals surface area (Å²) in [5, 5.41) is 3.30. The van der Waals surface area contributed by atoms with Gasteiger partial charge in [0.25, 0.3) is 0 Å². The minimum Gasteiger partial charge on any atom is -0.326 e. The van der Waals surface area contributed by atoms with Crippen LogP contribution in [0.3, 0.4) is 0 Å². The summed E-state index contributed by atoms with van der Waals surface area (Å²) in [6, 6.07) is 0.382. The maximum atomic E-state index is 5.82. The topological polar surface area (TPSA) is 38.0 Å². The third-order valence-corrected chi connectivity index (χ3v) is 2.12. The zero-order valence-corrected chi connectivity index (χ0v) is 6.06. The molecule has 0 aromatic carbocycles. The van der Waals surface area contributed by atoms with Crippen molar-refractivity contribution >= 4 is 0 Å². The fraction of sp³-hybridized carbons (Fsp3) is 1.00. The van der Waals surface area contributed by atoms with E-state index in [9.17, 15) is 0 Å². The first-order chi connectivity index (χ1) is 4.30. The average molecular weight is 128 g/mol. The normalized spacial score (nSPS) is 38.0. The molecule has 0 bridgehead atoms. The van der Waals surface area contributed by atoms with Crippen LogP contribution in [0, 0.1) is 5.92 Å². The molecule has 0 saturated carbocycles. The highest BCUT2D eigenvalue weighted by molar-refractivity contribution is 4.75. The second kappa shape index (κ2) is 3.18. The zero-order chi connectivity index (χ0) is 6.69. The largest absolute Gasteiger partial charge is 0.326 e. The highest BCUT2D eigenvalue weighted by Gasteiger charge is 2.14. The van der Waals surface area contributed by atoms with Crippen LogP contribution in [0.1, 0.15) is 19.8 Å². The van der Waals surface area contributed by atoms with Gasteiger partial charge in [0.1, 0.15) is 0 Å². The molecule has 0 radical (unpaired) electrons. The molecule has 2 nitrogen and oxygen atoms in total. The van der Waals surface area contributed by atoms with Crippen molar-refractivity contribution in [3.8, 4) is 0 Å². The highest BCUT2D eigenvalue weighted by Crippen LogP contribution is 2.10. The molecule has 54 valence electrons. The summed E-state index contributed by atoms with van der Waals surface area (Å²) in [6.07, 6.45) is 2.57. The SMILES string of the molecule is C[C@H]1CCCNCC1N. The van der Waals surface area contributed by atoms with Gasteiger partial charge in [-0.05, 0) is 25.3 Å². The van der Waals surface area contributed by atoms with E-state index in [1.807, 2.05) is 0 Å². The lowest BCUT2D eigenvalue weighted by molar-refractivity contribution is 0.447. The standard InChI is InChI=1S/C7H16N2/c1-6-3-2-4-9-5-7(6)8/h6-7,9H,2-5,8H2,1H3/t6-,7?/m0/s1. The van der Waals surface area contributed by atoms with Crippen molar-refractivity contribution in [2.24, 2.45) is 11.7 Å². The molecule has 1 saturated heterocycles. The lowest BCUT2D eigenvalue weighted by Crippen LogP contribution is -2.36. The Hall–Kier alpha value is -0.0800. The minimum atomic E-state index is 0.382. The molecule has 0 aromatic heterocycles. The molecule has 0 aliphatic carbocycles. The Morgan fingerprint density at radius 2 is 2.33 bits per heavy atom. The van der Waals surface area contributed by atoms with Gasteiger partial charge >= 0.3 is 0 Å². The van der Waals surface area contributed by atoms with Crippen molar-refractivity contribution in [2.75, 3.05) is 13.1 Å². The molecule has 1 aliphatic heterocycles. The molecule has 3 N–H and O–H groups in total. The number of rotatable bonds is 0. The Bertz CT molecular complexity index is 73.0. The molecular formula is C7H16N2. The van der Waals surface area contributed by atoms with E-state index in [0.29, 0.717) is 12.0 Å². The van der Waals surface area contributed by atoms with Crippen molar-refractivity contribution in [3.05, 3.63) is 0 Å². The third kappa shape index (κ3) is 1.95. The predicted molar refractivity (Wildman–Crippen MR) is 39.2 cm³/mol. The van der Waals surface area contributed by atoms with Crippen LogP contribution < -0.4 is 11.1 Å². The molecule has 1 unspecified atom stereocenters. The van der Waals surface area contributed by atoms with Gasteiger partial charge in [0.2, 0.25) is 0 Å². The van der Waals surface area contributed by atoms with Gasteiger partial charge in [-0.1, -0.05) is 6.92 Å². The summed E-state index contributed by atoms with van der Waals surface area (Å²) >= 11 is 0. The Morgan fingerprint density at radius 3 is 3.11 bits per heavy atom. The van der Waals surface area contributed by atoms with E-state index in [-0.39, 0.29) is 0 Å². The van der Waals surface area contributed by atoms with Crippen molar-refractivity contribution in [3.63, 3.8) is 0 Å². The van der Waals surface area contributed by atoms with Crippen molar-refractivity contribution < 1.29 is 0 Å². The molecule has 2 heteroatoms. The maximum Gasteiger partial charge on any atom is 0.0191 e. The molecule has 1 aliphatic rings. The molecule has 0 amide bonds. The van der Waals surface area contributed by atoms with E-state index in [2.05, 4.69) is 12.2 Å². The van der Waals surface area contributed by atoms with E-state index >= 15 is 0 Å². The number of hydrogen-bond acceptors (Lipinski definition) is 2. The Kier molecular flexibility index (Phi) is 2.49. The van der Waals surface area contributed by atoms with Crippen LogP contribution in [0.15, 0.2) is 0 Å². The number of hydrogen-bond donors (Lipinski definition) is 2. The van der Waals surface area contributed by atoms with Gasteiger partial charge in [0.05, 0.1) is 0 Å². The van der Waals surface area contributed by atoms with Crippen molar-refractivity contribution in [2.45, 2.75) is 25.8 Å². The summed E-state index contributed by atoms with van der Waals surface area (Å²) in [5.74, 6) is 0.708. The van der Waals surface area contributed by atoms with Crippen LogP contribution in [-0.4, -0.2) is 19.1 Å². The number of nitrogens with two attached hydrogens (primary N) is 1. The zero-order valence-electron chi connectivity index (χ0n) is 6.06. The monoisotopic (exact) mass is 128 g/mol. The van der Waals surface area contributed by atoms with E-state index in [1.165, 1.54) is 12.8 Å². The maximum absolute atomic E-state index is 5.82. The molecule has 2 atom stereocenters. The van der Waals surface area contributed by atoms with Gasteiger partial charge < -0.3 is 11.1 Å². The quantitative estimate of drug-likeness (QED) is 0.493.